The SMILES string of the molecule is CC1CNCC(N2CCN3C(=O)CCC3C2)C1. The van der Waals surface area contributed by atoms with Crippen LogP contribution in [0.3, 0.4) is 0 Å². The summed E-state index contributed by atoms with van der Waals surface area (Å²) in [6.45, 7) is 7.75. The van der Waals surface area contributed by atoms with Gasteiger partial charge in [-0.15, -0.1) is 0 Å². The number of nitrogens with one attached hydrogen (secondary N) is 1. The molecule has 0 aromatic heterocycles. The van der Waals surface area contributed by atoms with Crippen molar-refractivity contribution in [2.24, 2.45) is 5.92 Å². The Morgan fingerprint density at radius 1 is 1.24 bits per heavy atom. The van der Waals surface area contributed by atoms with Crippen LogP contribution in [0.5, 0.6) is 0 Å². The van der Waals surface area contributed by atoms with E-state index < -0.39 is 0 Å². The van der Waals surface area contributed by atoms with Gasteiger partial charge in [0.2, 0.25) is 5.91 Å². The van der Waals surface area contributed by atoms with E-state index in [1.165, 1.54) is 13.0 Å². The van der Waals surface area contributed by atoms with E-state index in [-0.39, 0.29) is 0 Å². The van der Waals surface area contributed by atoms with Gasteiger partial charge in [-0.1, -0.05) is 6.92 Å². The average Bonchev–Trinajstić information content (AvgIpc) is 2.71. The van der Waals surface area contributed by atoms with E-state index in [2.05, 4.69) is 22.0 Å². The van der Waals surface area contributed by atoms with E-state index >= 15 is 0 Å². The maximum absolute atomic E-state index is 11.6. The third-order valence-electron chi connectivity index (χ3n) is 4.59. The Morgan fingerprint density at radius 2 is 2.12 bits per heavy atom. The van der Waals surface area contributed by atoms with Gasteiger partial charge >= 0.3 is 0 Å². The van der Waals surface area contributed by atoms with Crippen LogP contribution in [0.4, 0.5) is 0 Å². The molecular formula is C13H23N3O. The second-order valence-corrected chi connectivity index (χ2v) is 5.93. The summed E-state index contributed by atoms with van der Waals surface area (Å²) in [6.07, 6.45) is 3.16. The van der Waals surface area contributed by atoms with Crippen molar-refractivity contribution in [2.75, 3.05) is 32.7 Å². The van der Waals surface area contributed by atoms with Crippen molar-refractivity contribution in [3.8, 4) is 0 Å². The summed E-state index contributed by atoms with van der Waals surface area (Å²) in [5, 5.41) is 3.53. The van der Waals surface area contributed by atoms with Crippen molar-refractivity contribution in [1.29, 1.82) is 0 Å². The van der Waals surface area contributed by atoms with Gasteiger partial charge in [-0.25, -0.2) is 0 Å². The van der Waals surface area contributed by atoms with Crippen LogP contribution in [0.1, 0.15) is 26.2 Å². The Balaban J connectivity index is 1.61. The molecule has 0 spiro atoms. The minimum absolute atomic E-state index is 0.379. The number of fused-ring (bicyclic) bond motifs is 1. The van der Waals surface area contributed by atoms with Crippen LogP contribution in [-0.4, -0.2) is 60.5 Å². The van der Waals surface area contributed by atoms with Crippen LogP contribution in [0.15, 0.2) is 0 Å². The Labute approximate surface area is 103 Å². The van der Waals surface area contributed by atoms with Gasteiger partial charge in [0, 0.05) is 44.7 Å². The predicted molar refractivity (Wildman–Crippen MR) is 66.7 cm³/mol. The number of carbonyl (C=O) groups excluding carboxylic acids is 1. The highest BCUT2D eigenvalue weighted by Crippen LogP contribution is 2.25. The van der Waals surface area contributed by atoms with E-state index in [1.54, 1.807) is 0 Å². The summed E-state index contributed by atoms with van der Waals surface area (Å²) in [4.78, 5) is 16.4. The quantitative estimate of drug-likeness (QED) is 0.712. The minimum atomic E-state index is 0.379. The lowest BCUT2D eigenvalue weighted by Gasteiger charge is -2.44. The third-order valence-corrected chi connectivity index (χ3v) is 4.59. The molecule has 0 bridgehead atoms. The van der Waals surface area contributed by atoms with E-state index in [9.17, 15) is 4.79 Å². The highest BCUT2D eigenvalue weighted by molar-refractivity contribution is 5.78. The Hall–Kier alpha value is -0.610. The van der Waals surface area contributed by atoms with E-state index in [0.29, 0.717) is 18.0 Å². The van der Waals surface area contributed by atoms with Crippen molar-refractivity contribution in [3.63, 3.8) is 0 Å². The van der Waals surface area contributed by atoms with Gasteiger partial charge in [-0.2, -0.15) is 0 Å². The van der Waals surface area contributed by atoms with Crippen molar-refractivity contribution in [2.45, 2.75) is 38.3 Å². The van der Waals surface area contributed by atoms with Gasteiger partial charge in [-0.3, -0.25) is 9.69 Å². The molecule has 17 heavy (non-hydrogen) atoms. The summed E-state index contributed by atoms with van der Waals surface area (Å²) < 4.78 is 0. The van der Waals surface area contributed by atoms with Gasteiger partial charge < -0.3 is 10.2 Å². The standard InChI is InChI=1S/C13H23N3O/c1-10-6-12(8-14-7-10)15-4-5-16-11(9-15)2-3-13(16)17/h10-12,14H,2-9H2,1H3. The molecule has 96 valence electrons. The number of carbonyl (C=O) groups is 1. The molecule has 3 heterocycles. The zero-order valence-electron chi connectivity index (χ0n) is 10.7. The monoisotopic (exact) mass is 237 g/mol. The summed E-state index contributed by atoms with van der Waals surface area (Å²) in [5.41, 5.74) is 0. The van der Waals surface area contributed by atoms with Crippen LogP contribution in [0, 0.1) is 5.92 Å². The smallest absolute Gasteiger partial charge is 0.222 e. The predicted octanol–water partition coefficient (Wildman–Crippen LogP) is 0.291. The van der Waals surface area contributed by atoms with Crippen LogP contribution < -0.4 is 5.32 Å². The number of amides is 1. The van der Waals surface area contributed by atoms with Gasteiger partial charge in [0.15, 0.2) is 0 Å². The van der Waals surface area contributed by atoms with Crippen LogP contribution >= 0.6 is 0 Å². The Kier molecular flexibility index (Phi) is 3.09. The molecule has 0 aromatic rings. The first-order valence-electron chi connectivity index (χ1n) is 6.98. The molecule has 1 amide bonds. The van der Waals surface area contributed by atoms with Crippen molar-refractivity contribution in [3.05, 3.63) is 0 Å². The lowest BCUT2D eigenvalue weighted by atomic mass is 9.95. The van der Waals surface area contributed by atoms with E-state index in [1.807, 2.05) is 0 Å². The summed E-state index contributed by atoms with van der Waals surface area (Å²) in [6, 6.07) is 1.20. The molecule has 4 nitrogen and oxygen atoms in total. The first-order chi connectivity index (χ1) is 8.24. The number of piperazine rings is 1. The highest BCUT2D eigenvalue weighted by Gasteiger charge is 2.37. The number of hydrogen-bond donors (Lipinski definition) is 1. The zero-order valence-corrected chi connectivity index (χ0v) is 10.7. The molecular weight excluding hydrogens is 214 g/mol. The van der Waals surface area contributed by atoms with E-state index in [4.69, 9.17) is 0 Å². The van der Waals surface area contributed by atoms with Crippen LogP contribution in [0.2, 0.25) is 0 Å². The second-order valence-electron chi connectivity index (χ2n) is 5.93. The average molecular weight is 237 g/mol. The highest BCUT2D eigenvalue weighted by atomic mass is 16.2. The summed E-state index contributed by atoms with van der Waals surface area (Å²) >= 11 is 0. The number of hydrogen-bond acceptors (Lipinski definition) is 3. The lowest BCUT2D eigenvalue weighted by Crippen LogP contribution is -2.58. The topological polar surface area (TPSA) is 35.6 Å². The Morgan fingerprint density at radius 3 is 2.94 bits per heavy atom. The molecule has 0 aliphatic carbocycles. The molecule has 4 heteroatoms. The Bertz CT molecular complexity index is 307. The van der Waals surface area contributed by atoms with Gasteiger partial charge in [0.05, 0.1) is 0 Å². The largest absolute Gasteiger partial charge is 0.337 e. The first kappa shape index (κ1) is 11.5. The van der Waals surface area contributed by atoms with Gasteiger partial charge in [-0.05, 0) is 25.3 Å². The normalized spacial score (nSPS) is 39.5. The maximum Gasteiger partial charge on any atom is 0.222 e. The number of rotatable bonds is 1. The van der Waals surface area contributed by atoms with Gasteiger partial charge in [0.25, 0.3) is 0 Å². The van der Waals surface area contributed by atoms with Gasteiger partial charge in [0.1, 0.15) is 0 Å². The molecule has 3 rings (SSSR count). The molecule has 3 atom stereocenters. The second kappa shape index (κ2) is 4.58. The summed E-state index contributed by atoms with van der Waals surface area (Å²) in [5.74, 6) is 1.17. The molecule has 0 saturated carbocycles. The number of nitrogens with zero attached hydrogens (tertiary/aromatic N) is 2. The molecule has 3 saturated heterocycles. The zero-order chi connectivity index (χ0) is 11.8. The molecule has 0 radical (unpaired) electrons. The summed E-state index contributed by atoms with van der Waals surface area (Å²) in [7, 11) is 0. The minimum Gasteiger partial charge on any atom is -0.337 e. The van der Waals surface area contributed by atoms with Crippen LogP contribution in [-0.2, 0) is 4.79 Å². The lowest BCUT2D eigenvalue weighted by molar-refractivity contribution is -0.131. The molecule has 3 unspecified atom stereocenters. The van der Waals surface area contributed by atoms with Crippen molar-refractivity contribution >= 4 is 5.91 Å². The third kappa shape index (κ3) is 2.20. The molecule has 3 fully saturated rings. The first-order valence-corrected chi connectivity index (χ1v) is 6.98. The fourth-order valence-corrected chi connectivity index (χ4v) is 3.63. The fourth-order valence-electron chi connectivity index (χ4n) is 3.63. The molecule has 3 aliphatic heterocycles. The molecule has 0 aromatic carbocycles. The number of piperidine rings is 1. The van der Waals surface area contributed by atoms with Crippen molar-refractivity contribution in [1.82, 2.24) is 15.1 Å². The maximum atomic E-state index is 11.6. The fraction of sp³-hybridized carbons (Fsp3) is 0.923. The molecule has 3 aliphatic rings. The van der Waals surface area contributed by atoms with E-state index in [0.717, 1.165) is 44.9 Å². The van der Waals surface area contributed by atoms with Crippen LogP contribution in [0.25, 0.3) is 0 Å². The van der Waals surface area contributed by atoms with Crippen molar-refractivity contribution < 1.29 is 4.79 Å². The molecule has 1 N–H and O–H groups in total.